The Morgan fingerprint density at radius 1 is 1.14 bits per heavy atom. The minimum atomic E-state index is -1.18. The number of carboxylic acid groups (broad SMARTS) is 1. The number of hydrogen-bond donors (Lipinski definition) is 4. The number of hydrogen-bond acceptors (Lipinski definition) is 8. The Morgan fingerprint density at radius 3 is 2.57 bits per heavy atom. The summed E-state index contributed by atoms with van der Waals surface area (Å²) in [4.78, 5) is 40.2. The minimum absolute atomic E-state index is 0.0899. The molecule has 0 aliphatic carbocycles. The summed E-state index contributed by atoms with van der Waals surface area (Å²) in [7, 11) is 3.04. The lowest BCUT2D eigenvalue weighted by Crippen LogP contribution is -2.43. The molecule has 0 radical (unpaired) electrons. The smallest absolute Gasteiger partial charge is 0.326 e. The first-order valence-electron chi connectivity index (χ1n) is 11.2. The van der Waals surface area contributed by atoms with Crippen LogP contribution in [0.4, 0.5) is 0 Å². The van der Waals surface area contributed by atoms with Crippen molar-refractivity contribution in [2.45, 2.75) is 18.9 Å². The maximum Gasteiger partial charge on any atom is 0.326 e. The summed E-state index contributed by atoms with van der Waals surface area (Å²) in [5, 5.41) is 11.7. The fraction of sp³-hybridized carbons (Fsp3) is 0.280. The zero-order valence-electron chi connectivity index (χ0n) is 20.4. The molecular formula is C25H28N4O8. The summed E-state index contributed by atoms with van der Waals surface area (Å²) in [5.74, 6) is -0.483. The van der Waals surface area contributed by atoms with Crippen molar-refractivity contribution >= 4 is 29.7 Å². The third-order valence-electron chi connectivity index (χ3n) is 5.30. The van der Waals surface area contributed by atoms with Crippen LogP contribution < -0.4 is 35.7 Å². The number of allylic oxidation sites excluding steroid dienone is 1. The molecule has 1 aliphatic heterocycles. The van der Waals surface area contributed by atoms with Crippen molar-refractivity contribution in [3.63, 3.8) is 0 Å². The number of carboxylic acids is 1. The highest BCUT2D eigenvalue weighted by molar-refractivity contribution is 6.14. The Morgan fingerprint density at radius 2 is 1.89 bits per heavy atom. The SMILES string of the molecule is COc1ccc(C=C2Oc3cc(OCC(=O)NC(CCCN=C(N)N)C(=O)O)ccc3C2=O)cc1OC. The highest BCUT2D eigenvalue weighted by Gasteiger charge is 2.28. The fourth-order valence-electron chi connectivity index (χ4n) is 3.50. The number of nitrogens with zero attached hydrogens (tertiary/aromatic N) is 1. The van der Waals surface area contributed by atoms with Gasteiger partial charge in [-0.25, -0.2) is 4.79 Å². The number of amides is 1. The predicted molar refractivity (Wildman–Crippen MR) is 134 cm³/mol. The zero-order chi connectivity index (χ0) is 26.9. The zero-order valence-corrected chi connectivity index (χ0v) is 20.4. The van der Waals surface area contributed by atoms with Gasteiger partial charge in [0.25, 0.3) is 5.91 Å². The molecular weight excluding hydrogens is 484 g/mol. The van der Waals surface area contributed by atoms with Gasteiger partial charge in [-0.05, 0) is 48.7 Å². The normalized spacial score (nSPS) is 13.8. The number of aliphatic imine (C=N–C) groups is 1. The molecule has 1 amide bonds. The van der Waals surface area contributed by atoms with Crippen LogP contribution in [0.2, 0.25) is 0 Å². The van der Waals surface area contributed by atoms with Crippen LogP contribution in [-0.2, 0) is 9.59 Å². The maximum absolute atomic E-state index is 12.8. The van der Waals surface area contributed by atoms with E-state index in [1.807, 2.05) is 0 Å². The largest absolute Gasteiger partial charge is 0.493 e. The van der Waals surface area contributed by atoms with Gasteiger partial charge in [0.2, 0.25) is 5.78 Å². The standard InChI is InChI=1S/C25H28N4O8/c1-34-18-8-5-14(10-20(18)35-2)11-21-23(31)16-7-6-15(12-19(16)37-21)36-13-22(30)29-17(24(32)33)4-3-9-28-25(26)27/h5-8,10-12,17H,3-4,9,13H2,1-2H3,(H,29,30)(H,32,33)(H4,26,27,28). The van der Waals surface area contributed by atoms with E-state index >= 15 is 0 Å². The number of ketones is 1. The van der Waals surface area contributed by atoms with Crippen LogP contribution >= 0.6 is 0 Å². The Bertz CT molecular complexity index is 1240. The lowest BCUT2D eigenvalue weighted by molar-refractivity contribution is -0.142. The molecule has 37 heavy (non-hydrogen) atoms. The Labute approximate surface area is 212 Å². The number of rotatable bonds is 12. The molecule has 0 saturated heterocycles. The number of ether oxygens (including phenoxy) is 4. The topological polar surface area (TPSA) is 185 Å². The van der Waals surface area contributed by atoms with Gasteiger partial charge in [-0.2, -0.15) is 0 Å². The van der Waals surface area contributed by atoms with Crippen molar-refractivity contribution in [3.05, 3.63) is 53.3 Å². The molecule has 1 unspecified atom stereocenters. The monoisotopic (exact) mass is 512 g/mol. The van der Waals surface area contributed by atoms with Gasteiger partial charge in [0.05, 0.1) is 19.8 Å². The van der Waals surface area contributed by atoms with Gasteiger partial charge in [0, 0.05) is 12.6 Å². The second-order valence-corrected chi connectivity index (χ2v) is 7.91. The lowest BCUT2D eigenvalue weighted by atomic mass is 10.1. The van der Waals surface area contributed by atoms with Crippen molar-refractivity contribution in [3.8, 4) is 23.0 Å². The van der Waals surface area contributed by atoms with Crippen LogP contribution in [0.1, 0.15) is 28.8 Å². The first kappa shape index (κ1) is 26.9. The van der Waals surface area contributed by atoms with Gasteiger partial charge < -0.3 is 40.8 Å². The molecule has 0 bridgehead atoms. The van der Waals surface area contributed by atoms with E-state index in [0.29, 0.717) is 29.0 Å². The molecule has 1 aliphatic rings. The number of methoxy groups -OCH3 is 2. The van der Waals surface area contributed by atoms with Crippen molar-refractivity contribution < 1.29 is 38.4 Å². The second kappa shape index (κ2) is 12.3. The Balaban J connectivity index is 1.60. The summed E-state index contributed by atoms with van der Waals surface area (Å²) in [6.45, 7) is -0.187. The first-order chi connectivity index (χ1) is 17.7. The lowest BCUT2D eigenvalue weighted by Gasteiger charge is -2.14. The van der Waals surface area contributed by atoms with Gasteiger partial charge in [0.1, 0.15) is 17.5 Å². The molecule has 3 rings (SSSR count). The average Bonchev–Trinajstić information content (AvgIpc) is 3.18. The molecule has 2 aromatic carbocycles. The van der Waals surface area contributed by atoms with Gasteiger partial charge in [-0.15, -0.1) is 0 Å². The molecule has 12 heteroatoms. The number of nitrogens with one attached hydrogen (secondary N) is 1. The number of carbonyl (C=O) groups is 3. The predicted octanol–water partition coefficient (Wildman–Crippen LogP) is 1.32. The quantitative estimate of drug-likeness (QED) is 0.140. The van der Waals surface area contributed by atoms with Gasteiger partial charge in [0.15, 0.2) is 29.8 Å². The molecule has 1 heterocycles. The van der Waals surface area contributed by atoms with E-state index in [-0.39, 0.29) is 42.0 Å². The van der Waals surface area contributed by atoms with Crippen molar-refractivity contribution in [1.29, 1.82) is 0 Å². The van der Waals surface area contributed by atoms with E-state index in [9.17, 15) is 19.5 Å². The Kier molecular flexibility index (Phi) is 8.92. The van der Waals surface area contributed by atoms with Crippen LogP contribution in [0.15, 0.2) is 47.1 Å². The Hall–Kier alpha value is -4.74. The van der Waals surface area contributed by atoms with Crippen LogP contribution in [-0.4, -0.2) is 62.1 Å². The van der Waals surface area contributed by atoms with Crippen molar-refractivity contribution in [1.82, 2.24) is 5.32 Å². The number of Topliss-reactive ketones (excluding diaryl/α,β-unsaturated/α-hetero) is 1. The van der Waals surface area contributed by atoms with E-state index in [1.54, 1.807) is 24.3 Å². The third kappa shape index (κ3) is 7.13. The highest BCUT2D eigenvalue weighted by atomic mass is 16.5. The molecule has 0 fully saturated rings. The molecule has 196 valence electrons. The van der Waals surface area contributed by atoms with Crippen LogP contribution in [0, 0.1) is 0 Å². The van der Waals surface area contributed by atoms with Crippen LogP contribution in [0.25, 0.3) is 6.08 Å². The van der Waals surface area contributed by atoms with Gasteiger partial charge >= 0.3 is 5.97 Å². The van der Waals surface area contributed by atoms with Gasteiger partial charge in [-0.1, -0.05) is 6.07 Å². The third-order valence-corrected chi connectivity index (χ3v) is 5.30. The van der Waals surface area contributed by atoms with Crippen molar-refractivity contribution in [2.75, 3.05) is 27.4 Å². The maximum atomic E-state index is 12.8. The fourth-order valence-corrected chi connectivity index (χ4v) is 3.50. The van der Waals surface area contributed by atoms with Gasteiger partial charge in [-0.3, -0.25) is 14.6 Å². The molecule has 6 N–H and O–H groups in total. The minimum Gasteiger partial charge on any atom is -0.493 e. The summed E-state index contributed by atoms with van der Waals surface area (Å²) in [6, 6.07) is 8.61. The van der Waals surface area contributed by atoms with E-state index in [2.05, 4.69) is 10.3 Å². The number of carbonyl (C=O) groups excluding carboxylic acids is 2. The molecule has 0 aromatic heterocycles. The highest BCUT2D eigenvalue weighted by Crippen LogP contribution is 2.36. The number of guanidine groups is 1. The summed E-state index contributed by atoms with van der Waals surface area (Å²) >= 11 is 0. The van der Waals surface area contributed by atoms with Crippen molar-refractivity contribution in [2.24, 2.45) is 16.5 Å². The molecule has 12 nitrogen and oxygen atoms in total. The average molecular weight is 513 g/mol. The second-order valence-electron chi connectivity index (χ2n) is 7.91. The van der Waals surface area contributed by atoms with E-state index in [1.165, 1.54) is 32.4 Å². The molecule has 2 aromatic rings. The van der Waals surface area contributed by atoms with Crippen LogP contribution in [0.3, 0.4) is 0 Å². The number of aliphatic carboxylic acids is 1. The van der Waals surface area contributed by atoms with Crippen LogP contribution in [0.5, 0.6) is 23.0 Å². The van der Waals surface area contributed by atoms with E-state index in [0.717, 1.165) is 0 Å². The number of fused-ring (bicyclic) bond motifs is 1. The number of benzene rings is 2. The first-order valence-corrected chi connectivity index (χ1v) is 11.2. The molecule has 1 atom stereocenters. The summed E-state index contributed by atoms with van der Waals surface area (Å²) in [6.07, 6.45) is 2.09. The summed E-state index contributed by atoms with van der Waals surface area (Å²) < 4.78 is 21.7. The molecule has 0 spiro atoms. The van der Waals surface area contributed by atoms with E-state index < -0.39 is 24.5 Å². The number of nitrogens with two attached hydrogens (primary N) is 2. The van der Waals surface area contributed by atoms with E-state index in [4.69, 9.17) is 30.4 Å². The summed E-state index contributed by atoms with van der Waals surface area (Å²) in [5.41, 5.74) is 11.5. The molecule has 0 saturated carbocycles.